The van der Waals surface area contributed by atoms with Gasteiger partial charge in [0.25, 0.3) is 0 Å². The fourth-order valence-corrected chi connectivity index (χ4v) is 1.93. The van der Waals surface area contributed by atoms with Crippen LogP contribution in [0.4, 0.5) is 0 Å². The van der Waals surface area contributed by atoms with Crippen molar-refractivity contribution >= 4 is 0 Å². The predicted octanol–water partition coefficient (Wildman–Crippen LogP) is 0.602. The maximum atomic E-state index is 9.69. The number of hydrogen-bond donors (Lipinski definition) is 2. The van der Waals surface area contributed by atoms with Gasteiger partial charge in [-0.15, -0.1) is 0 Å². The van der Waals surface area contributed by atoms with E-state index >= 15 is 0 Å². The minimum atomic E-state index is -0.226. The summed E-state index contributed by atoms with van der Waals surface area (Å²) < 4.78 is 0. The van der Waals surface area contributed by atoms with Gasteiger partial charge < -0.3 is 10.2 Å². The van der Waals surface area contributed by atoms with Crippen LogP contribution < -0.4 is 0 Å². The van der Waals surface area contributed by atoms with Crippen LogP contribution in [0.5, 0.6) is 0 Å². The molecule has 0 aromatic heterocycles. The molecule has 0 spiro atoms. The normalized spacial score (nSPS) is 30.0. The second-order valence-electron chi connectivity index (χ2n) is 4.65. The van der Waals surface area contributed by atoms with Gasteiger partial charge in [0.15, 0.2) is 0 Å². The molecule has 0 aromatic rings. The summed E-state index contributed by atoms with van der Waals surface area (Å²) in [4.78, 5) is 2.10. The zero-order valence-electron chi connectivity index (χ0n) is 8.82. The van der Waals surface area contributed by atoms with Crippen molar-refractivity contribution in [1.29, 1.82) is 0 Å². The molecule has 1 rings (SSSR count). The van der Waals surface area contributed by atoms with E-state index in [4.69, 9.17) is 0 Å². The summed E-state index contributed by atoms with van der Waals surface area (Å²) in [7, 11) is 1.98. The Balaban J connectivity index is 2.60. The number of aliphatic hydroxyl groups excluding tert-OH is 2. The number of likely N-dealkylation sites (N-methyl/N-ethyl adjacent to an activating group) is 1. The van der Waals surface area contributed by atoms with Crippen LogP contribution in [0.1, 0.15) is 33.1 Å². The molecule has 0 saturated heterocycles. The molecule has 0 heterocycles. The quantitative estimate of drug-likeness (QED) is 0.680. The van der Waals surface area contributed by atoms with E-state index in [-0.39, 0.29) is 24.3 Å². The highest BCUT2D eigenvalue weighted by Crippen LogP contribution is 2.27. The molecule has 0 aromatic carbocycles. The lowest BCUT2D eigenvalue weighted by Crippen LogP contribution is -2.52. The Bertz CT molecular complexity index is 170. The zero-order chi connectivity index (χ0) is 10.1. The highest BCUT2D eigenvalue weighted by Gasteiger charge is 2.35. The molecular formula is C10H21NO2. The van der Waals surface area contributed by atoms with Gasteiger partial charge >= 0.3 is 0 Å². The first-order valence-corrected chi connectivity index (χ1v) is 5.01. The Kier molecular flexibility index (Phi) is 3.33. The van der Waals surface area contributed by atoms with Crippen molar-refractivity contribution in [2.75, 3.05) is 13.7 Å². The van der Waals surface area contributed by atoms with E-state index in [2.05, 4.69) is 4.90 Å². The van der Waals surface area contributed by atoms with E-state index in [0.29, 0.717) is 0 Å². The van der Waals surface area contributed by atoms with Gasteiger partial charge in [0.2, 0.25) is 0 Å². The molecule has 2 N–H and O–H groups in total. The van der Waals surface area contributed by atoms with E-state index in [1.165, 1.54) is 0 Å². The maximum absolute atomic E-state index is 9.69. The van der Waals surface area contributed by atoms with E-state index < -0.39 is 0 Å². The van der Waals surface area contributed by atoms with Crippen LogP contribution in [0.2, 0.25) is 0 Å². The van der Waals surface area contributed by atoms with Crippen LogP contribution in [0.25, 0.3) is 0 Å². The van der Waals surface area contributed by atoms with Crippen LogP contribution in [0.15, 0.2) is 0 Å². The van der Waals surface area contributed by atoms with Gasteiger partial charge in [0.05, 0.1) is 12.7 Å². The Labute approximate surface area is 80.4 Å². The van der Waals surface area contributed by atoms with Gasteiger partial charge in [0, 0.05) is 11.6 Å². The smallest absolute Gasteiger partial charge is 0.0695 e. The van der Waals surface area contributed by atoms with Crippen molar-refractivity contribution < 1.29 is 10.2 Å². The second kappa shape index (κ2) is 3.95. The highest BCUT2D eigenvalue weighted by atomic mass is 16.3. The van der Waals surface area contributed by atoms with Gasteiger partial charge in [0.1, 0.15) is 0 Å². The molecule has 13 heavy (non-hydrogen) atoms. The third-order valence-electron chi connectivity index (χ3n) is 3.28. The van der Waals surface area contributed by atoms with E-state index in [9.17, 15) is 10.2 Å². The molecule has 1 aliphatic rings. The molecule has 0 radical (unpaired) electrons. The summed E-state index contributed by atoms with van der Waals surface area (Å²) in [6.45, 7) is 4.13. The Hall–Kier alpha value is -0.120. The average molecular weight is 187 g/mol. The molecule has 1 fully saturated rings. The third-order valence-corrected chi connectivity index (χ3v) is 3.28. The van der Waals surface area contributed by atoms with Gasteiger partial charge in [-0.3, -0.25) is 4.90 Å². The summed E-state index contributed by atoms with van der Waals surface area (Å²) in [5, 5.41) is 18.9. The topological polar surface area (TPSA) is 43.7 Å². The Morgan fingerprint density at radius 2 is 2.00 bits per heavy atom. The molecule has 0 amide bonds. The monoisotopic (exact) mass is 187 g/mol. The third kappa shape index (κ3) is 2.22. The van der Waals surface area contributed by atoms with Crippen molar-refractivity contribution in [3.8, 4) is 0 Å². The summed E-state index contributed by atoms with van der Waals surface area (Å²) >= 11 is 0. The molecule has 1 saturated carbocycles. The van der Waals surface area contributed by atoms with Crippen molar-refractivity contribution in [1.82, 2.24) is 4.90 Å². The fraction of sp³-hybridized carbons (Fsp3) is 1.00. The van der Waals surface area contributed by atoms with E-state index in [1.807, 2.05) is 20.9 Å². The Morgan fingerprint density at radius 1 is 1.38 bits per heavy atom. The summed E-state index contributed by atoms with van der Waals surface area (Å²) in [5.74, 6) is 0. The van der Waals surface area contributed by atoms with Crippen LogP contribution in [0, 0.1) is 0 Å². The van der Waals surface area contributed by atoms with Crippen molar-refractivity contribution in [2.24, 2.45) is 0 Å². The highest BCUT2D eigenvalue weighted by molar-refractivity contribution is 4.90. The first-order chi connectivity index (χ1) is 5.99. The van der Waals surface area contributed by atoms with Gasteiger partial charge in [-0.2, -0.15) is 0 Å². The van der Waals surface area contributed by atoms with Crippen molar-refractivity contribution in [3.63, 3.8) is 0 Å². The molecule has 0 unspecified atom stereocenters. The van der Waals surface area contributed by atoms with Gasteiger partial charge in [-0.1, -0.05) is 0 Å². The number of rotatable bonds is 3. The Morgan fingerprint density at radius 3 is 2.38 bits per heavy atom. The lowest BCUT2D eigenvalue weighted by molar-refractivity contribution is 0.000937. The molecule has 0 aliphatic heterocycles. The molecule has 0 bridgehead atoms. The van der Waals surface area contributed by atoms with Crippen LogP contribution in [0.3, 0.4) is 0 Å². The first-order valence-electron chi connectivity index (χ1n) is 5.01. The number of nitrogens with zero attached hydrogens (tertiary/aromatic N) is 1. The molecule has 78 valence electrons. The maximum Gasteiger partial charge on any atom is 0.0695 e. The molecule has 3 heteroatoms. The second-order valence-corrected chi connectivity index (χ2v) is 4.65. The largest absolute Gasteiger partial charge is 0.394 e. The lowest BCUT2D eigenvalue weighted by Gasteiger charge is -2.39. The fourth-order valence-electron chi connectivity index (χ4n) is 1.93. The van der Waals surface area contributed by atoms with Crippen molar-refractivity contribution in [3.05, 3.63) is 0 Å². The van der Waals surface area contributed by atoms with Gasteiger partial charge in [-0.05, 0) is 40.2 Å². The summed E-state index contributed by atoms with van der Waals surface area (Å²) in [6.07, 6.45) is 2.82. The summed E-state index contributed by atoms with van der Waals surface area (Å²) in [5.41, 5.74) is -0.226. The van der Waals surface area contributed by atoms with Crippen LogP contribution >= 0.6 is 0 Å². The molecule has 3 nitrogen and oxygen atoms in total. The summed E-state index contributed by atoms with van der Waals surface area (Å²) in [6, 6.07) is 0.224. The molecule has 1 aliphatic carbocycles. The number of aliphatic hydroxyl groups is 2. The molecular weight excluding hydrogens is 166 g/mol. The lowest BCUT2D eigenvalue weighted by atomic mass is 10.0. The minimum Gasteiger partial charge on any atom is -0.394 e. The first kappa shape index (κ1) is 11.0. The van der Waals surface area contributed by atoms with E-state index in [0.717, 1.165) is 19.3 Å². The minimum absolute atomic E-state index is 0.132. The van der Waals surface area contributed by atoms with Crippen LogP contribution in [-0.4, -0.2) is 46.5 Å². The van der Waals surface area contributed by atoms with Gasteiger partial charge in [-0.25, -0.2) is 0 Å². The average Bonchev–Trinajstić information content (AvgIpc) is 2.50. The van der Waals surface area contributed by atoms with E-state index in [1.54, 1.807) is 0 Å². The predicted molar refractivity (Wildman–Crippen MR) is 52.6 cm³/mol. The SMILES string of the molecule is CN([C@H]1CCC[C@@H]1O)C(C)(C)CO. The molecule has 2 atom stereocenters. The standard InChI is InChI=1S/C10H21NO2/c1-10(2,7-12)11(3)8-5-4-6-9(8)13/h8-9,12-13H,4-7H2,1-3H3/t8-,9-/m0/s1. The van der Waals surface area contributed by atoms with Crippen molar-refractivity contribution in [2.45, 2.75) is 50.8 Å². The van der Waals surface area contributed by atoms with Crippen LogP contribution in [-0.2, 0) is 0 Å². The number of hydrogen-bond acceptors (Lipinski definition) is 3. The zero-order valence-corrected chi connectivity index (χ0v) is 8.82.